The Morgan fingerprint density at radius 2 is 1.80 bits per heavy atom. The number of benzene rings is 1. The predicted molar refractivity (Wildman–Crippen MR) is 87.9 cm³/mol. The molecule has 130 valence electrons. The van der Waals surface area contributed by atoms with Crippen LogP contribution >= 0.6 is 0 Å². The first-order chi connectivity index (χ1) is 11.8. The van der Waals surface area contributed by atoms with E-state index in [2.05, 4.69) is 4.98 Å². The Hall–Kier alpha value is -2.67. The van der Waals surface area contributed by atoms with Crippen molar-refractivity contribution in [3.05, 3.63) is 59.2 Å². The zero-order chi connectivity index (χ0) is 18.3. The van der Waals surface area contributed by atoms with Gasteiger partial charge in [0, 0.05) is 31.8 Å². The minimum Gasteiger partial charge on any atom is -0.305 e. The molecule has 3 rings (SSSR count). The highest BCUT2D eigenvalue weighted by molar-refractivity contribution is 5.99. The van der Waals surface area contributed by atoms with Gasteiger partial charge >= 0.3 is 0 Å². The number of fused-ring (bicyclic) bond motifs is 1. The predicted octanol–water partition coefficient (Wildman–Crippen LogP) is 3.68. The number of nitrogens with zero attached hydrogens (tertiary/aromatic N) is 3. The van der Waals surface area contributed by atoms with E-state index in [4.69, 9.17) is 0 Å². The first-order valence-corrected chi connectivity index (χ1v) is 7.59. The van der Waals surface area contributed by atoms with E-state index in [1.54, 1.807) is 12.3 Å². The summed E-state index contributed by atoms with van der Waals surface area (Å²) in [5, 5.41) is 0. The maximum Gasteiger partial charge on any atom is 0.178 e. The molecule has 25 heavy (non-hydrogen) atoms. The highest BCUT2D eigenvalue weighted by Crippen LogP contribution is 2.30. The molecular formula is C18H16F3N3O. The Labute approximate surface area is 142 Å². The number of hydrogen-bond acceptors (Lipinski definition) is 3. The topological polar surface area (TPSA) is 37.6 Å². The van der Waals surface area contributed by atoms with Gasteiger partial charge in [-0.15, -0.1) is 0 Å². The maximum absolute atomic E-state index is 14.2. The Kier molecular flexibility index (Phi) is 4.34. The first kappa shape index (κ1) is 17.2. The van der Waals surface area contributed by atoms with Crippen molar-refractivity contribution in [2.45, 2.75) is 13.5 Å². The average Bonchev–Trinajstić information content (AvgIpc) is 2.83. The second-order valence-electron chi connectivity index (χ2n) is 6.11. The van der Waals surface area contributed by atoms with Crippen LogP contribution in [0.4, 0.5) is 13.2 Å². The smallest absolute Gasteiger partial charge is 0.178 e. The largest absolute Gasteiger partial charge is 0.305 e. The average molecular weight is 347 g/mol. The van der Waals surface area contributed by atoms with Crippen LogP contribution in [-0.2, 0) is 6.54 Å². The van der Waals surface area contributed by atoms with Gasteiger partial charge in [-0.05, 0) is 31.8 Å². The van der Waals surface area contributed by atoms with Crippen LogP contribution < -0.4 is 0 Å². The molecule has 2 heterocycles. The third-order valence-electron chi connectivity index (χ3n) is 3.77. The fourth-order valence-corrected chi connectivity index (χ4v) is 2.83. The van der Waals surface area contributed by atoms with Crippen LogP contribution in [0.5, 0.6) is 0 Å². The molecule has 0 N–H and O–H groups in total. The van der Waals surface area contributed by atoms with Gasteiger partial charge in [0.1, 0.15) is 34.5 Å². The molecule has 2 aromatic heterocycles. The molecular weight excluding hydrogens is 331 g/mol. The van der Waals surface area contributed by atoms with Crippen molar-refractivity contribution in [2.75, 3.05) is 14.1 Å². The quantitative estimate of drug-likeness (QED) is 0.676. The van der Waals surface area contributed by atoms with Crippen molar-refractivity contribution in [2.24, 2.45) is 0 Å². The third kappa shape index (κ3) is 3.15. The fourth-order valence-electron chi connectivity index (χ4n) is 2.83. The molecule has 0 saturated heterocycles. The van der Waals surface area contributed by atoms with Gasteiger partial charge < -0.3 is 4.90 Å². The molecule has 0 radical (unpaired) electrons. The monoisotopic (exact) mass is 347 g/mol. The summed E-state index contributed by atoms with van der Waals surface area (Å²) in [7, 11) is 3.82. The van der Waals surface area contributed by atoms with Gasteiger partial charge in [-0.25, -0.2) is 18.2 Å². The van der Waals surface area contributed by atoms with E-state index >= 15 is 0 Å². The minimum absolute atomic E-state index is 0.0517. The van der Waals surface area contributed by atoms with E-state index in [1.807, 2.05) is 25.1 Å². The summed E-state index contributed by atoms with van der Waals surface area (Å²) in [5.41, 5.74) is 0.733. The van der Waals surface area contributed by atoms with Gasteiger partial charge in [-0.2, -0.15) is 0 Å². The van der Waals surface area contributed by atoms with Gasteiger partial charge in [0.2, 0.25) is 0 Å². The van der Waals surface area contributed by atoms with E-state index in [9.17, 15) is 18.0 Å². The molecule has 3 aromatic rings. The number of carbonyl (C=O) groups is 1. The summed E-state index contributed by atoms with van der Waals surface area (Å²) in [6, 6.07) is 4.70. The summed E-state index contributed by atoms with van der Waals surface area (Å²) in [5.74, 6) is -3.63. The summed E-state index contributed by atoms with van der Waals surface area (Å²) in [6.07, 6.45) is 1.64. The second kappa shape index (κ2) is 6.33. The maximum atomic E-state index is 14.2. The number of carbonyl (C=O) groups excluding carboxylic acids is 1. The molecule has 0 aliphatic rings. The van der Waals surface area contributed by atoms with Crippen molar-refractivity contribution in [3.8, 4) is 11.3 Å². The highest BCUT2D eigenvalue weighted by atomic mass is 19.1. The van der Waals surface area contributed by atoms with Crippen LogP contribution in [-0.4, -0.2) is 34.2 Å². The summed E-state index contributed by atoms with van der Waals surface area (Å²) in [4.78, 5) is 18.3. The zero-order valence-corrected chi connectivity index (χ0v) is 14.0. The number of imidazole rings is 1. The zero-order valence-electron chi connectivity index (χ0n) is 14.0. The SMILES string of the molecule is CC(=O)c1c(-c2c(F)cc(F)cc2F)nc2cc(CN(C)C)ccn12. The lowest BCUT2D eigenvalue weighted by Gasteiger charge is -2.09. The summed E-state index contributed by atoms with van der Waals surface area (Å²) in [6.45, 7) is 1.94. The van der Waals surface area contributed by atoms with Crippen LogP contribution in [0.3, 0.4) is 0 Å². The van der Waals surface area contributed by atoms with E-state index in [-0.39, 0.29) is 11.4 Å². The molecule has 0 aliphatic carbocycles. The molecule has 4 nitrogen and oxygen atoms in total. The van der Waals surface area contributed by atoms with Crippen molar-refractivity contribution >= 4 is 11.4 Å². The molecule has 0 unspecified atom stereocenters. The number of pyridine rings is 1. The van der Waals surface area contributed by atoms with E-state index < -0.39 is 28.8 Å². The molecule has 0 bridgehead atoms. The lowest BCUT2D eigenvalue weighted by molar-refractivity contribution is 0.101. The van der Waals surface area contributed by atoms with Crippen molar-refractivity contribution in [1.82, 2.24) is 14.3 Å². The standard InChI is InChI=1S/C18H16F3N3O/c1-10(25)18-17(16-13(20)7-12(19)8-14(16)21)22-15-6-11(9-23(2)3)4-5-24(15)18/h4-8H,9H2,1-3H3. The minimum atomic E-state index is -1.10. The Morgan fingerprint density at radius 1 is 1.16 bits per heavy atom. The van der Waals surface area contributed by atoms with E-state index in [0.717, 1.165) is 5.56 Å². The summed E-state index contributed by atoms with van der Waals surface area (Å²) < 4.78 is 43.0. The lowest BCUT2D eigenvalue weighted by atomic mass is 10.1. The number of hydrogen-bond donors (Lipinski definition) is 0. The van der Waals surface area contributed by atoms with Crippen molar-refractivity contribution in [3.63, 3.8) is 0 Å². The number of ketones is 1. The van der Waals surface area contributed by atoms with Crippen LogP contribution in [0.2, 0.25) is 0 Å². The van der Waals surface area contributed by atoms with Crippen LogP contribution in [0, 0.1) is 17.5 Å². The van der Waals surface area contributed by atoms with Gasteiger partial charge in [-0.1, -0.05) is 0 Å². The van der Waals surface area contributed by atoms with E-state index in [1.165, 1.54) is 11.3 Å². The molecule has 0 saturated carbocycles. The molecule has 0 aliphatic heterocycles. The second-order valence-corrected chi connectivity index (χ2v) is 6.11. The Bertz CT molecular complexity index is 956. The molecule has 7 heteroatoms. The van der Waals surface area contributed by atoms with Gasteiger partial charge in [0.05, 0.1) is 5.56 Å². The highest BCUT2D eigenvalue weighted by Gasteiger charge is 2.24. The van der Waals surface area contributed by atoms with Crippen molar-refractivity contribution < 1.29 is 18.0 Å². The van der Waals surface area contributed by atoms with Gasteiger partial charge in [-0.3, -0.25) is 9.20 Å². The van der Waals surface area contributed by atoms with Crippen LogP contribution in [0.25, 0.3) is 16.9 Å². The molecule has 1 aromatic carbocycles. The third-order valence-corrected chi connectivity index (χ3v) is 3.77. The molecule has 0 spiro atoms. The molecule has 0 fully saturated rings. The summed E-state index contributed by atoms with van der Waals surface area (Å²) >= 11 is 0. The lowest BCUT2D eigenvalue weighted by Crippen LogP contribution is -2.11. The number of aromatic nitrogens is 2. The van der Waals surface area contributed by atoms with Crippen LogP contribution in [0.15, 0.2) is 30.5 Å². The molecule has 0 amide bonds. The van der Waals surface area contributed by atoms with Crippen LogP contribution in [0.1, 0.15) is 23.0 Å². The Balaban J connectivity index is 2.28. The van der Waals surface area contributed by atoms with Gasteiger partial charge in [0.15, 0.2) is 5.78 Å². The first-order valence-electron chi connectivity index (χ1n) is 7.59. The van der Waals surface area contributed by atoms with E-state index in [0.29, 0.717) is 24.3 Å². The number of Topliss-reactive ketones (excluding diaryl/α,β-unsaturated/α-hetero) is 1. The van der Waals surface area contributed by atoms with Crippen molar-refractivity contribution in [1.29, 1.82) is 0 Å². The normalized spacial score (nSPS) is 11.5. The fraction of sp³-hybridized carbons (Fsp3) is 0.222. The number of halogens is 3. The number of rotatable bonds is 4. The van der Waals surface area contributed by atoms with Gasteiger partial charge in [0.25, 0.3) is 0 Å². The Morgan fingerprint density at radius 3 is 2.36 bits per heavy atom. The molecule has 0 atom stereocenters.